The second kappa shape index (κ2) is 7.41. The van der Waals surface area contributed by atoms with Crippen LogP contribution in [-0.4, -0.2) is 29.5 Å². The van der Waals surface area contributed by atoms with Crippen LogP contribution >= 0.6 is 0 Å². The fraction of sp³-hybridized carbons (Fsp3) is 0.167. The molecule has 0 aliphatic heterocycles. The van der Waals surface area contributed by atoms with E-state index in [0.29, 0.717) is 30.2 Å². The molecule has 0 fully saturated rings. The normalized spacial score (nSPS) is 10.4. The molecule has 24 heavy (non-hydrogen) atoms. The van der Waals surface area contributed by atoms with E-state index < -0.39 is 0 Å². The molecule has 0 aliphatic rings. The van der Waals surface area contributed by atoms with Gasteiger partial charge in [0.05, 0.1) is 11.3 Å². The maximum atomic E-state index is 11.8. The molecular weight excluding hydrogens is 304 g/mol. The van der Waals surface area contributed by atoms with Gasteiger partial charge < -0.3 is 15.1 Å². The van der Waals surface area contributed by atoms with Gasteiger partial charge in [-0.05, 0) is 24.3 Å². The molecule has 3 rings (SSSR count). The van der Waals surface area contributed by atoms with E-state index in [1.165, 1.54) is 0 Å². The van der Waals surface area contributed by atoms with E-state index in [2.05, 4.69) is 20.6 Å². The minimum atomic E-state index is -0.168. The van der Waals surface area contributed by atoms with Crippen molar-refractivity contribution in [1.82, 2.24) is 15.3 Å². The van der Waals surface area contributed by atoms with Crippen LogP contribution in [0.4, 0.5) is 5.82 Å². The van der Waals surface area contributed by atoms with E-state index in [1.807, 2.05) is 30.3 Å². The highest BCUT2D eigenvalue weighted by Crippen LogP contribution is 2.18. The number of nitrogens with zero attached hydrogens (tertiary/aromatic N) is 2. The summed E-state index contributed by atoms with van der Waals surface area (Å²) in [6, 6.07) is 13.2. The fourth-order valence-electron chi connectivity index (χ4n) is 2.31. The van der Waals surface area contributed by atoms with E-state index in [1.54, 1.807) is 31.6 Å². The number of hydrogen-bond donors (Lipinski definition) is 2. The molecular formula is C18H18N4O2. The van der Waals surface area contributed by atoms with Crippen LogP contribution in [0.15, 0.2) is 59.3 Å². The van der Waals surface area contributed by atoms with Gasteiger partial charge >= 0.3 is 0 Å². The third kappa shape index (κ3) is 3.60. The molecule has 2 heterocycles. The van der Waals surface area contributed by atoms with E-state index in [-0.39, 0.29) is 5.91 Å². The molecule has 6 nitrogen and oxygen atoms in total. The van der Waals surface area contributed by atoms with Crippen LogP contribution in [0.25, 0.3) is 11.5 Å². The molecule has 0 saturated heterocycles. The van der Waals surface area contributed by atoms with Crippen LogP contribution in [0, 0.1) is 0 Å². The smallest absolute Gasteiger partial charge is 0.254 e. The van der Waals surface area contributed by atoms with Crippen LogP contribution in [0.3, 0.4) is 0 Å². The maximum absolute atomic E-state index is 11.8. The summed E-state index contributed by atoms with van der Waals surface area (Å²) in [7, 11) is 1.60. The molecule has 6 heteroatoms. The number of pyridine rings is 1. The maximum Gasteiger partial charge on any atom is 0.254 e. The Kier molecular flexibility index (Phi) is 4.86. The predicted molar refractivity (Wildman–Crippen MR) is 91.8 cm³/mol. The van der Waals surface area contributed by atoms with Crippen molar-refractivity contribution < 1.29 is 9.21 Å². The third-order valence-corrected chi connectivity index (χ3v) is 3.53. The van der Waals surface area contributed by atoms with Crippen molar-refractivity contribution in [3.8, 4) is 11.5 Å². The molecule has 0 unspecified atom stereocenters. The third-order valence-electron chi connectivity index (χ3n) is 3.53. The van der Waals surface area contributed by atoms with Crippen molar-refractivity contribution in [3.05, 3.63) is 66.2 Å². The molecule has 0 saturated carbocycles. The number of carbonyl (C=O) groups is 1. The van der Waals surface area contributed by atoms with Crippen LogP contribution in [0.1, 0.15) is 16.1 Å². The average Bonchev–Trinajstić information content (AvgIpc) is 3.11. The monoisotopic (exact) mass is 322 g/mol. The van der Waals surface area contributed by atoms with Crippen molar-refractivity contribution >= 4 is 11.7 Å². The summed E-state index contributed by atoms with van der Waals surface area (Å²) < 4.78 is 5.51. The Morgan fingerprint density at radius 3 is 2.79 bits per heavy atom. The Morgan fingerprint density at radius 2 is 2.00 bits per heavy atom. The quantitative estimate of drug-likeness (QED) is 0.729. The number of oxazole rings is 1. The molecule has 1 amide bonds. The van der Waals surface area contributed by atoms with Crippen molar-refractivity contribution in [2.45, 2.75) is 6.42 Å². The predicted octanol–water partition coefficient (Wildman–Crippen LogP) is 2.75. The molecule has 122 valence electrons. The highest BCUT2D eigenvalue weighted by atomic mass is 16.3. The van der Waals surface area contributed by atoms with E-state index in [9.17, 15) is 4.79 Å². The molecule has 3 aromatic rings. The minimum absolute atomic E-state index is 0.168. The van der Waals surface area contributed by atoms with Crippen LogP contribution in [-0.2, 0) is 6.42 Å². The van der Waals surface area contributed by atoms with E-state index in [4.69, 9.17) is 4.42 Å². The number of hydrogen-bond acceptors (Lipinski definition) is 5. The van der Waals surface area contributed by atoms with Crippen LogP contribution in [0.5, 0.6) is 0 Å². The van der Waals surface area contributed by atoms with Gasteiger partial charge in [0.25, 0.3) is 5.91 Å². The lowest BCUT2D eigenvalue weighted by Gasteiger charge is -2.08. The van der Waals surface area contributed by atoms with Gasteiger partial charge in [-0.1, -0.05) is 18.2 Å². The Balaban J connectivity index is 1.62. The second-order valence-corrected chi connectivity index (χ2v) is 5.17. The van der Waals surface area contributed by atoms with Gasteiger partial charge in [-0.15, -0.1) is 0 Å². The van der Waals surface area contributed by atoms with Crippen molar-refractivity contribution in [3.63, 3.8) is 0 Å². The van der Waals surface area contributed by atoms with Gasteiger partial charge in [-0.3, -0.25) is 4.79 Å². The minimum Gasteiger partial charge on any atom is -0.444 e. The summed E-state index contributed by atoms with van der Waals surface area (Å²) in [4.78, 5) is 20.5. The van der Waals surface area contributed by atoms with E-state index >= 15 is 0 Å². The zero-order chi connectivity index (χ0) is 16.8. The Hall–Kier alpha value is -3.15. The van der Waals surface area contributed by atoms with Gasteiger partial charge in [0.2, 0.25) is 5.89 Å². The standard InChI is InChI=1S/C18H18N4O2/c1-19-17(23)15-8-5-10-20-16(15)21-11-9-14-12-24-18(22-14)13-6-3-2-4-7-13/h2-8,10,12H,9,11H2,1H3,(H,19,23)(H,20,21). The summed E-state index contributed by atoms with van der Waals surface area (Å²) in [6.07, 6.45) is 3.97. The Labute approximate surface area is 140 Å². The van der Waals surface area contributed by atoms with Crippen molar-refractivity contribution in [2.75, 3.05) is 18.9 Å². The second-order valence-electron chi connectivity index (χ2n) is 5.17. The van der Waals surface area contributed by atoms with Crippen LogP contribution in [0.2, 0.25) is 0 Å². The van der Waals surface area contributed by atoms with Gasteiger partial charge in [-0.25, -0.2) is 9.97 Å². The molecule has 0 bridgehead atoms. The first-order chi connectivity index (χ1) is 11.8. The van der Waals surface area contributed by atoms with Crippen molar-refractivity contribution in [2.24, 2.45) is 0 Å². The number of benzene rings is 1. The highest BCUT2D eigenvalue weighted by Gasteiger charge is 2.11. The largest absolute Gasteiger partial charge is 0.444 e. The Bertz CT molecular complexity index is 815. The lowest BCUT2D eigenvalue weighted by Crippen LogP contribution is -2.20. The Morgan fingerprint density at radius 1 is 1.17 bits per heavy atom. The topological polar surface area (TPSA) is 80.0 Å². The van der Waals surface area contributed by atoms with Gasteiger partial charge in [-0.2, -0.15) is 0 Å². The number of nitrogens with one attached hydrogen (secondary N) is 2. The van der Waals surface area contributed by atoms with E-state index in [0.717, 1.165) is 11.3 Å². The number of aromatic nitrogens is 2. The number of amides is 1. The molecule has 1 aromatic carbocycles. The summed E-state index contributed by atoms with van der Waals surface area (Å²) in [6.45, 7) is 0.599. The molecule has 0 spiro atoms. The number of anilines is 1. The molecule has 2 N–H and O–H groups in total. The first kappa shape index (κ1) is 15.7. The number of rotatable bonds is 6. The average molecular weight is 322 g/mol. The molecule has 0 atom stereocenters. The first-order valence-electron chi connectivity index (χ1n) is 7.68. The number of carbonyl (C=O) groups excluding carboxylic acids is 1. The fourth-order valence-corrected chi connectivity index (χ4v) is 2.31. The highest BCUT2D eigenvalue weighted by molar-refractivity contribution is 5.98. The summed E-state index contributed by atoms with van der Waals surface area (Å²) >= 11 is 0. The molecule has 2 aromatic heterocycles. The van der Waals surface area contributed by atoms with Crippen molar-refractivity contribution in [1.29, 1.82) is 0 Å². The lowest BCUT2D eigenvalue weighted by atomic mass is 10.2. The van der Waals surface area contributed by atoms with Gasteiger partial charge in [0, 0.05) is 31.8 Å². The summed E-state index contributed by atoms with van der Waals surface area (Å²) in [5.74, 6) is 0.997. The van der Waals surface area contributed by atoms with Gasteiger partial charge in [0.15, 0.2) is 0 Å². The summed E-state index contributed by atoms with van der Waals surface area (Å²) in [5.41, 5.74) is 2.31. The zero-order valence-electron chi connectivity index (χ0n) is 13.3. The SMILES string of the molecule is CNC(=O)c1cccnc1NCCc1coc(-c2ccccc2)n1. The lowest BCUT2D eigenvalue weighted by molar-refractivity contribution is 0.0963. The first-order valence-corrected chi connectivity index (χ1v) is 7.68. The van der Waals surface area contributed by atoms with Gasteiger partial charge in [0.1, 0.15) is 12.1 Å². The van der Waals surface area contributed by atoms with Crippen LogP contribution < -0.4 is 10.6 Å². The zero-order valence-corrected chi connectivity index (χ0v) is 13.3. The summed E-state index contributed by atoms with van der Waals surface area (Å²) in [5, 5.41) is 5.78. The molecule has 0 aliphatic carbocycles. The molecule has 0 radical (unpaired) electrons.